The molecular weight excluding hydrogens is 298 g/mol. The molecule has 0 saturated carbocycles. The Balaban J connectivity index is 2.29. The second kappa shape index (κ2) is 6.88. The second-order valence-corrected chi connectivity index (χ2v) is 7.02. The van der Waals surface area contributed by atoms with Gasteiger partial charge in [0.05, 0.1) is 0 Å². The van der Waals surface area contributed by atoms with E-state index in [-0.39, 0.29) is 6.42 Å². The number of aliphatic imine (C=N–C) groups is 1. The van der Waals surface area contributed by atoms with Crippen LogP contribution in [0.5, 0.6) is 0 Å². The molecule has 0 fully saturated rings. The molecule has 0 radical (unpaired) electrons. The number of esters is 1. The van der Waals surface area contributed by atoms with Crippen molar-refractivity contribution in [3.8, 4) is 12.3 Å². The number of rotatable bonds is 4. The average molecular weight is 321 g/mol. The molecule has 0 spiro atoms. The van der Waals surface area contributed by atoms with Crippen molar-refractivity contribution in [1.82, 2.24) is 0 Å². The molecule has 0 aromatic heterocycles. The average Bonchev–Trinajstić information content (AvgIpc) is 2.51. The van der Waals surface area contributed by atoms with Gasteiger partial charge in [-0.2, -0.15) is 0 Å². The first-order chi connectivity index (χ1) is 11.2. The van der Waals surface area contributed by atoms with Gasteiger partial charge >= 0.3 is 5.97 Å². The van der Waals surface area contributed by atoms with Crippen molar-refractivity contribution in [1.29, 1.82) is 0 Å². The molecule has 24 heavy (non-hydrogen) atoms. The highest BCUT2D eigenvalue weighted by molar-refractivity contribution is 5.92. The highest BCUT2D eigenvalue weighted by atomic mass is 16.6. The zero-order valence-corrected chi connectivity index (χ0v) is 14.7. The summed E-state index contributed by atoms with van der Waals surface area (Å²) in [6.45, 7) is 7.19. The molecule has 3 heteroatoms. The van der Waals surface area contributed by atoms with E-state index in [2.05, 4.69) is 17.0 Å². The molecule has 0 amide bonds. The molecule has 0 N–H and O–H groups in total. The number of nitrogens with zero attached hydrogens (tertiary/aromatic N) is 1. The lowest BCUT2D eigenvalue weighted by Gasteiger charge is -2.27. The van der Waals surface area contributed by atoms with Gasteiger partial charge in [-0.25, -0.2) is 4.79 Å². The highest BCUT2D eigenvalue weighted by Gasteiger charge is 2.35. The largest absolute Gasteiger partial charge is 0.458 e. The van der Waals surface area contributed by atoms with Crippen LogP contribution in [-0.2, 0) is 9.53 Å². The third-order valence-corrected chi connectivity index (χ3v) is 3.56. The minimum atomic E-state index is -1.09. The first-order valence-corrected chi connectivity index (χ1v) is 7.94. The Morgan fingerprint density at radius 3 is 2.46 bits per heavy atom. The Kier molecular flexibility index (Phi) is 5.09. The monoisotopic (exact) mass is 321 g/mol. The summed E-state index contributed by atoms with van der Waals surface area (Å²) in [5.41, 5.74) is -0.750. The second-order valence-electron chi connectivity index (χ2n) is 7.02. The number of fused-ring (bicyclic) bond motifs is 1. The van der Waals surface area contributed by atoms with Crippen LogP contribution >= 0.6 is 0 Å². The van der Waals surface area contributed by atoms with E-state index in [1.54, 1.807) is 13.1 Å². The minimum absolute atomic E-state index is 0.187. The molecule has 0 aliphatic rings. The lowest BCUT2D eigenvalue weighted by Crippen LogP contribution is -2.39. The molecule has 124 valence electrons. The van der Waals surface area contributed by atoms with Gasteiger partial charge in [0.1, 0.15) is 5.60 Å². The molecule has 0 heterocycles. The minimum Gasteiger partial charge on any atom is -0.458 e. The number of terminal acetylenes is 1. The van der Waals surface area contributed by atoms with Crippen LogP contribution in [0.15, 0.2) is 47.5 Å². The van der Waals surface area contributed by atoms with Crippen molar-refractivity contribution in [3.63, 3.8) is 0 Å². The molecule has 0 saturated heterocycles. The Labute approximate surface area is 143 Å². The number of carbonyl (C=O) groups excluding carboxylic acids is 1. The summed E-state index contributed by atoms with van der Waals surface area (Å²) < 4.78 is 5.47. The fraction of sp³-hybridized carbons (Fsp3) is 0.333. The van der Waals surface area contributed by atoms with Gasteiger partial charge in [0.2, 0.25) is 0 Å². The molecular formula is C21H23NO2. The Hall–Kier alpha value is -2.60. The predicted molar refractivity (Wildman–Crippen MR) is 99.2 cm³/mol. The summed E-state index contributed by atoms with van der Waals surface area (Å²) in [5.74, 6) is 2.11. The topological polar surface area (TPSA) is 38.7 Å². The van der Waals surface area contributed by atoms with Gasteiger partial charge < -0.3 is 4.74 Å². The van der Waals surface area contributed by atoms with Crippen molar-refractivity contribution in [2.75, 3.05) is 0 Å². The van der Waals surface area contributed by atoms with Gasteiger partial charge in [0, 0.05) is 12.6 Å². The first kappa shape index (κ1) is 17.7. The van der Waals surface area contributed by atoms with E-state index < -0.39 is 17.1 Å². The van der Waals surface area contributed by atoms with Gasteiger partial charge in [-0.15, -0.1) is 12.3 Å². The highest BCUT2D eigenvalue weighted by Crippen LogP contribution is 2.22. The van der Waals surface area contributed by atoms with Crippen molar-refractivity contribution in [2.24, 2.45) is 4.99 Å². The number of ether oxygens (including phenoxy) is 1. The Morgan fingerprint density at radius 1 is 1.17 bits per heavy atom. The fourth-order valence-corrected chi connectivity index (χ4v) is 2.26. The van der Waals surface area contributed by atoms with Gasteiger partial charge in [-0.05, 0) is 50.1 Å². The van der Waals surface area contributed by atoms with Crippen molar-refractivity contribution in [2.45, 2.75) is 45.3 Å². The molecule has 2 aromatic rings. The van der Waals surface area contributed by atoms with Crippen LogP contribution in [0.3, 0.4) is 0 Å². The van der Waals surface area contributed by atoms with Crippen LogP contribution in [0.2, 0.25) is 0 Å². The summed E-state index contributed by atoms with van der Waals surface area (Å²) in [7, 11) is 0. The van der Waals surface area contributed by atoms with Gasteiger partial charge in [0.15, 0.2) is 5.54 Å². The fourth-order valence-electron chi connectivity index (χ4n) is 2.26. The summed E-state index contributed by atoms with van der Waals surface area (Å²) >= 11 is 0. The first-order valence-electron chi connectivity index (χ1n) is 7.94. The molecule has 2 aromatic carbocycles. The molecule has 0 aliphatic carbocycles. The van der Waals surface area contributed by atoms with Gasteiger partial charge in [-0.3, -0.25) is 4.99 Å². The molecule has 0 unspecified atom stereocenters. The zero-order valence-electron chi connectivity index (χ0n) is 14.7. The summed E-state index contributed by atoms with van der Waals surface area (Å²) in [6.07, 6.45) is 7.30. The summed E-state index contributed by atoms with van der Waals surface area (Å²) in [6, 6.07) is 14.1. The molecule has 2 rings (SSSR count). The lowest BCUT2D eigenvalue weighted by atomic mass is 9.98. The van der Waals surface area contributed by atoms with Crippen LogP contribution < -0.4 is 0 Å². The van der Waals surface area contributed by atoms with Crippen LogP contribution in [0.4, 0.5) is 0 Å². The number of hydrogen-bond donors (Lipinski definition) is 0. The smallest absolute Gasteiger partial charge is 0.335 e. The third-order valence-electron chi connectivity index (χ3n) is 3.56. The quantitative estimate of drug-likeness (QED) is 0.476. The van der Waals surface area contributed by atoms with Gasteiger partial charge in [-0.1, -0.05) is 36.4 Å². The maximum atomic E-state index is 12.5. The molecule has 1 atom stereocenters. The van der Waals surface area contributed by atoms with Crippen LogP contribution in [0, 0.1) is 12.3 Å². The van der Waals surface area contributed by atoms with Crippen molar-refractivity contribution >= 4 is 23.0 Å². The molecule has 0 aliphatic heterocycles. The van der Waals surface area contributed by atoms with Crippen LogP contribution in [0.1, 0.15) is 39.7 Å². The maximum Gasteiger partial charge on any atom is 0.335 e. The summed E-state index contributed by atoms with van der Waals surface area (Å²) in [4.78, 5) is 16.9. The van der Waals surface area contributed by atoms with Crippen molar-refractivity contribution in [3.05, 3.63) is 48.0 Å². The maximum absolute atomic E-state index is 12.5. The third kappa shape index (κ3) is 4.45. The van der Waals surface area contributed by atoms with E-state index in [9.17, 15) is 4.79 Å². The Morgan fingerprint density at radius 2 is 1.83 bits per heavy atom. The SMILES string of the molecule is C#CC[C@](C)(N=Cc1ccc2ccccc2c1)C(=O)OC(C)(C)C. The zero-order chi connectivity index (χ0) is 17.8. The van der Waals surface area contributed by atoms with E-state index in [0.717, 1.165) is 16.3 Å². The standard InChI is InChI=1S/C21H23NO2/c1-6-13-21(5,19(23)24-20(2,3)4)22-15-16-11-12-17-9-7-8-10-18(17)14-16/h1,7-12,14-15H,13H2,2-5H3/t21-/m0/s1. The van der Waals surface area contributed by atoms with E-state index in [4.69, 9.17) is 11.2 Å². The van der Waals surface area contributed by atoms with Crippen LogP contribution in [0.25, 0.3) is 10.8 Å². The number of hydrogen-bond acceptors (Lipinski definition) is 3. The number of carbonyl (C=O) groups is 1. The lowest BCUT2D eigenvalue weighted by molar-refractivity contribution is -0.160. The van der Waals surface area contributed by atoms with E-state index in [1.165, 1.54) is 0 Å². The normalized spacial score (nSPS) is 14.3. The number of benzene rings is 2. The van der Waals surface area contributed by atoms with E-state index in [0.29, 0.717) is 0 Å². The predicted octanol–water partition coefficient (Wildman–Crippen LogP) is 4.38. The molecule has 3 nitrogen and oxygen atoms in total. The molecule has 0 bridgehead atoms. The van der Waals surface area contributed by atoms with Crippen molar-refractivity contribution < 1.29 is 9.53 Å². The summed E-state index contributed by atoms with van der Waals surface area (Å²) in [5, 5.41) is 2.28. The van der Waals surface area contributed by atoms with Crippen LogP contribution in [-0.4, -0.2) is 23.3 Å². The van der Waals surface area contributed by atoms with E-state index >= 15 is 0 Å². The Bertz CT molecular complexity index is 808. The van der Waals surface area contributed by atoms with E-state index in [1.807, 2.05) is 57.2 Å². The van der Waals surface area contributed by atoms with Gasteiger partial charge in [0.25, 0.3) is 0 Å².